The SMILES string of the molecule is COC(=O)C1(Sc2cc(N3C(=O)C4=C(CCCC4)C3=O)c(F)cc2Cl)CCC1. The Hall–Kier alpha value is -1.86. The Morgan fingerprint density at radius 2 is 1.75 bits per heavy atom. The van der Waals surface area contributed by atoms with E-state index in [1.807, 2.05) is 0 Å². The number of nitrogens with zero attached hydrogens (tertiary/aromatic N) is 1. The van der Waals surface area contributed by atoms with Gasteiger partial charge in [0.25, 0.3) is 11.8 Å². The van der Waals surface area contributed by atoms with Crippen LogP contribution in [0, 0.1) is 5.82 Å². The number of amides is 2. The number of methoxy groups -OCH3 is 1. The van der Waals surface area contributed by atoms with E-state index >= 15 is 0 Å². The summed E-state index contributed by atoms with van der Waals surface area (Å²) in [6, 6.07) is 2.50. The second kappa shape index (κ2) is 7.19. The minimum atomic E-state index is -0.760. The monoisotopic (exact) mass is 423 g/mol. The van der Waals surface area contributed by atoms with Gasteiger partial charge in [0.1, 0.15) is 10.6 Å². The van der Waals surface area contributed by atoms with Crippen LogP contribution in [-0.2, 0) is 19.1 Å². The molecule has 4 rings (SSSR count). The lowest BCUT2D eigenvalue weighted by Gasteiger charge is -2.38. The normalized spacial score (nSPS) is 20.9. The molecule has 0 saturated heterocycles. The first-order valence-corrected chi connectivity index (χ1v) is 10.4. The van der Waals surface area contributed by atoms with Crippen LogP contribution in [0.25, 0.3) is 0 Å². The van der Waals surface area contributed by atoms with E-state index < -0.39 is 22.4 Å². The smallest absolute Gasteiger partial charge is 0.322 e. The van der Waals surface area contributed by atoms with Crippen LogP contribution in [0.2, 0.25) is 5.02 Å². The van der Waals surface area contributed by atoms with Gasteiger partial charge < -0.3 is 4.74 Å². The third-order valence-corrected chi connectivity index (χ3v) is 7.60. The number of carbonyl (C=O) groups excluding carboxylic acids is 3. The highest BCUT2D eigenvalue weighted by atomic mass is 35.5. The zero-order valence-corrected chi connectivity index (χ0v) is 16.9. The van der Waals surface area contributed by atoms with E-state index in [2.05, 4.69) is 0 Å². The van der Waals surface area contributed by atoms with Crippen LogP contribution in [-0.4, -0.2) is 29.6 Å². The van der Waals surface area contributed by atoms with Crippen molar-refractivity contribution in [3.63, 3.8) is 0 Å². The molecule has 0 N–H and O–H groups in total. The van der Waals surface area contributed by atoms with Crippen LogP contribution < -0.4 is 4.90 Å². The van der Waals surface area contributed by atoms with Gasteiger partial charge in [0, 0.05) is 16.0 Å². The highest BCUT2D eigenvalue weighted by Gasteiger charge is 2.47. The average Bonchev–Trinajstić information content (AvgIpc) is 2.90. The number of benzene rings is 1. The molecule has 1 heterocycles. The molecule has 0 aromatic heterocycles. The van der Waals surface area contributed by atoms with E-state index in [4.69, 9.17) is 16.3 Å². The summed E-state index contributed by atoms with van der Waals surface area (Å²) >= 11 is 7.44. The molecular formula is C20H19ClFNO4S. The van der Waals surface area contributed by atoms with Crippen LogP contribution in [0.3, 0.4) is 0 Å². The quantitative estimate of drug-likeness (QED) is 0.530. The van der Waals surface area contributed by atoms with Gasteiger partial charge in [-0.25, -0.2) is 9.29 Å². The first-order chi connectivity index (χ1) is 13.4. The van der Waals surface area contributed by atoms with Crippen molar-refractivity contribution >= 4 is 46.8 Å². The number of halogens is 2. The van der Waals surface area contributed by atoms with Gasteiger partial charge in [-0.1, -0.05) is 11.6 Å². The Balaban J connectivity index is 1.70. The third kappa shape index (κ3) is 2.95. The standard InChI is InChI=1S/C20H19ClFNO4S/c1-27-19(26)20(7-4-8-20)28-16-10-15(14(22)9-13(16)21)23-17(24)11-5-2-3-6-12(11)18(23)25/h9-10H,2-8H2,1H3. The summed E-state index contributed by atoms with van der Waals surface area (Å²) in [4.78, 5) is 39.1. The molecule has 0 radical (unpaired) electrons. The fourth-order valence-electron chi connectivity index (χ4n) is 3.97. The molecule has 8 heteroatoms. The molecule has 28 heavy (non-hydrogen) atoms. The van der Waals surface area contributed by atoms with Crippen molar-refractivity contribution in [1.29, 1.82) is 0 Å². The van der Waals surface area contributed by atoms with Crippen LogP contribution in [0.1, 0.15) is 44.9 Å². The maximum Gasteiger partial charge on any atom is 0.322 e. The van der Waals surface area contributed by atoms with Crippen molar-refractivity contribution < 1.29 is 23.5 Å². The maximum atomic E-state index is 14.7. The number of hydrogen-bond donors (Lipinski definition) is 0. The van der Waals surface area contributed by atoms with Crippen molar-refractivity contribution in [2.24, 2.45) is 0 Å². The molecular weight excluding hydrogens is 405 g/mol. The second-order valence-corrected chi connectivity index (χ2v) is 9.12. The topological polar surface area (TPSA) is 63.7 Å². The Labute approximate surface area is 171 Å². The fourth-order valence-corrected chi connectivity index (χ4v) is 5.64. The van der Waals surface area contributed by atoms with Crippen LogP contribution in [0.15, 0.2) is 28.2 Å². The fraction of sp³-hybridized carbons (Fsp3) is 0.450. The number of hydrogen-bond acceptors (Lipinski definition) is 5. The molecule has 0 bridgehead atoms. The predicted molar refractivity (Wildman–Crippen MR) is 104 cm³/mol. The molecule has 148 valence electrons. The minimum Gasteiger partial charge on any atom is -0.468 e. The molecule has 0 atom stereocenters. The van der Waals surface area contributed by atoms with E-state index in [0.29, 0.717) is 41.7 Å². The Bertz CT molecular complexity index is 897. The molecule has 2 amide bonds. The van der Waals surface area contributed by atoms with Crippen molar-refractivity contribution in [3.05, 3.63) is 34.1 Å². The lowest BCUT2D eigenvalue weighted by Crippen LogP contribution is -2.42. The van der Waals surface area contributed by atoms with Gasteiger partial charge in [0.2, 0.25) is 0 Å². The van der Waals surface area contributed by atoms with E-state index in [1.165, 1.54) is 24.9 Å². The van der Waals surface area contributed by atoms with Gasteiger partial charge in [-0.15, -0.1) is 11.8 Å². The predicted octanol–water partition coefficient (Wildman–Crippen LogP) is 4.41. The first-order valence-electron chi connectivity index (χ1n) is 9.25. The van der Waals surface area contributed by atoms with E-state index in [9.17, 15) is 18.8 Å². The highest BCUT2D eigenvalue weighted by Crippen LogP contribution is 2.51. The molecule has 1 aromatic rings. The summed E-state index contributed by atoms with van der Waals surface area (Å²) in [7, 11) is 1.33. The number of imide groups is 1. The van der Waals surface area contributed by atoms with E-state index in [-0.39, 0.29) is 16.7 Å². The van der Waals surface area contributed by atoms with Crippen molar-refractivity contribution in [3.8, 4) is 0 Å². The third-order valence-electron chi connectivity index (χ3n) is 5.66. The van der Waals surface area contributed by atoms with E-state index in [1.54, 1.807) is 0 Å². The summed E-state index contributed by atoms with van der Waals surface area (Å²) in [5.74, 6) is -2.00. The zero-order valence-electron chi connectivity index (χ0n) is 15.3. The molecule has 1 aliphatic heterocycles. The van der Waals surface area contributed by atoms with Gasteiger partial charge in [-0.3, -0.25) is 14.4 Å². The van der Waals surface area contributed by atoms with Crippen molar-refractivity contribution in [2.75, 3.05) is 12.0 Å². The lowest BCUT2D eigenvalue weighted by molar-refractivity contribution is -0.145. The summed E-state index contributed by atoms with van der Waals surface area (Å²) in [6.07, 6.45) is 4.91. The molecule has 2 aliphatic carbocycles. The second-order valence-electron chi connectivity index (χ2n) is 7.29. The van der Waals surface area contributed by atoms with Gasteiger partial charge in [-0.2, -0.15) is 0 Å². The van der Waals surface area contributed by atoms with Crippen molar-refractivity contribution in [1.82, 2.24) is 0 Å². The lowest BCUT2D eigenvalue weighted by atomic mass is 9.84. The summed E-state index contributed by atoms with van der Waals surface area (Å²) in [6.45, 7) is 0. The van der Waals surface area contributed by atoms with Gasteiger partial charge in [-0.05, 0) is 57.1 Å². The number of carbonyl (C=O) groups is 3. The van der Waals surface area contributed by atoms with E-state index in [0.717, 1.165) is 30.2 Å². The Morgan fingerprint density at radius 3 is 2.25 bits per heavy atom. The minimum absolute atomic E-state index is 0.115. The summed E-state index contributed by atoms with van der Waals surface area (Å²) < 4.78 is 18.9. The number of anilines is 1. The van der Waals surface area contributed by atoms with Crippen molar-refractivity contribution in [2.45, 2.75) is 54.6 Å². The molecule has 1 aromatic carbocycles. The Kier molecular flexibility index (Phi) is 5.00. The van der Waals surface area contributed by atoms with Crippen LogP contribution >= 0.6 is 23.4 Å². The molecule has 0 spiro atoms. The van der Waals surface area contributed by atoms with Crippen LogP contribution in [0.4, 0.5) is 10.1 Å². The number of thioether (sulfide) groups is 1. The first kappa shape index (κ1) is 19.5. The molecule has 1 saturated carbocycles. The average molecular weight is 424 g/mol. The molecule has 5 nitrogen and oxygen atoms in total. The molecule has 0 unspecified atom stereocenters. The van der Waals surface area contributed by atoms with Crippen LogP contribution in [0.5, 0.6) is 0 Å². The number of esters is 1. The number of ether oxygens (including phenoxy) is 1. The summed E-state index contributed by atoms with van der Waals surface area (Å²) in [5, 5.41) is 0.137. The van der Waals surface area contributed by atoms with Gasteiger partial charge in [0.15, 0.2) is 0 Å². The molecule has 3 aliphatic rings. The molecule has 1 fully saturated rings. The number of rotatable bonds is 4. The van der Waals surface area contributed by atoms with Gasteiger partial charge in [0.05, 0.1) is 17.8 Å². The van der Waals surface area contributed by atoms with Gasteiger partial charge >= 0.3 is 5.97 Å². The maximum absolute atomic E-state index is 14.7. The Morgan fingerprint density at radius 1 is 1.14 bits per heavy atom. The zero-order chi connectivity index (χ0) is 20.1. The summed E-state index contributed by atoms with van der Waals surface area (Å²) in [5.41, 5.74) is 0.866. The highest BCUT2D eigenvalue weighted by molar-refractivity contribution is 8.01. The largest absolute Gasteiger partial charge is 0.468 e.